The Balaban J connectivity index is 0.00000105. The number of piperidine rings is 1. The van der Waals surface area contributed by atoms with Crippen molar-refractivity contribution in [2.24, 2.45) is 5.92 Å². The summed E-state index contributed by atoms with van der Waals surface area (Å²) in [5.41, 5.74) is 1.99. The second-order valence-corrected chi connectivity index (χ2v) is 6.30. The highest BCUT2D eigenvalue weighted by Crippen LogP contribution is 2.21. The van der Waals surface area contributed by atoms with Crippen LogP contribution < -0.4 is 5.69 Å². The average Bonchev–Trinajstić information content (AvgIpc) is 2.60. The molecule has 146 valence electrons. The van der Waals surface area contributed by atoms with Gasteiger partial charge in [0.2, 0.25) is 5.91 Å². The SMILES string of the molecule is Cc1nc(=O)[nH]c(C)c1CCC(=O)N1CCC(C(O)CO)CC1.O=CO. The number of aryl methyl sites for hydroxylation is 2. The van der Waals surface area contributed by atoms with Gasteiger partial charge in [0.15, 0.2) is 0 Å². The molecule has 1 fully saturated rings. The van der Waals surface area contributed by atoms with Gasteiger partial charge >= 0.3 is 5.69 Å². The van der Waals surface area contributed by atoms with E-state index in [1.165, 1.54) is 0 Å². The highest BCUT2D eigenvalue weighted by atomic mass is 16.3. The van der Waals surface area contributed by atoms with Crippen molar-refractivity contribution < 1.29 is 24.9 Å². The number of nitrogens with zero attached hydrogens (tertiary/aromatic N) is 2. The number of amides is 1. The van der Waals surface area contributed by atoms with Crippen LogP contribution in [0.25, 0.3) is 0 Å². The quantitative estimate of drug-likeness (QED) is 0.518. The summed E-state index contributed by atoms with van der Waals surface area (Å²) in [7, 11) is 0. The van der Waals surface area contributed by atoms with Crippen LogP contribution in [-0.2, 0) is 16.0 Å². The highest BCUT2D eigenvalue weighted by Gasteiger charge is 2.26. The number of carbonyl (C=O) groups is 2. The van der Waals surface area contributed by atoms with E-state index in [1.54, 1.807) is 6.92 Å². The zero-order valence-electron chi connectivity index (χ0n) is 15.1. The number of carbonyl (C=O) groups excluding carboxylic acids is 1. The molecule has 2 heterocycles. The van der Waals surface area contributed by atoms with Gasteiger partial charge in [-0.1, -0.05) is 0 Å². The number of hydrogen-bond acceptors (Lipinski definition) is 6. The van der Waals surface area contributed by atoms with E-state index in [1.807, 2.05) is 11.8 Å². The molecule has 0 aromatic carbocycles. The predicted octanol–water partition coefficient (Wildman–Crippen LogP) is -0.388. The van der Waals surface area contributed by atoms with Crippen LogP contribution in [0.4, 0.5) is 0 Å². The molecule has 1 aliphatic heterocycles. The molecule has 9 nitrogen and oxygen atoms in total. The van der Waals surface area contributed by atoms with E-state index in [0.717, 1.165) is 11.3 Å². The van der Waals surface area contributed by atoms with E-state index in [9.17, 15) is 14.7 Å². The van der Waals surface area contributed by atoms with Crippen LogP contribution in [0.15, 0.2) is 4.79 Å². The topological polar surface area (TPSA) is 144 Å². The first-order valence-corrected chi connectivity index (χ1v) is 8.55. The molecule has 1 aromatic rings. The van der Waals surface area contributed by atoms with Crippen LogP contribution in [0.3, 0.4) is 0 Å². The Morgan fingerprint density at radius 2 is 1.96 bits per heavy atom. The van der Waals surface area contributed by atoms with Crippen LogP contribution in [-0.4, -0.2) is 68.4 Å². The standard InChI is InChI=1S/C16H25N3O4.CH2O2/c1-10-13(11(2)18-16(23)17-10)3-4-15(22)19-7-5-12(6-8-19)14(21)9-20;2-1-3/h12,14,20-21H,3-9H2,1-2H3,(H,17,18,23);1H,(H,2,3). The molecule has 0 saturated carbocycles. The van der Waals surface area contributed by atoms with Gasteiger partial charge in [-0.15, -0.1) is 0 Å². The fourth-order valence-corrected chi connectivity index (χ4v) is 3.20. The Hall–Kier alpha value is -2.26. The van der Waals surface area contributed by atoms with Gasteiger partial charge in [0.1, 0.15) is 0 Å². The summed E-state index contributed by atoms with van der Waals surface area (Å²) in [6, 6.07) is 0. The Bertz CT molecular complexity index is 626. The minimum Gasteiger partial charge on any atom is -0.483 e. The summed E-state index contributed by atoms with van der Waals surface area (Å²) < 4.78 is 0. The second kappa shape index (κ2) is 10.7. The molecule has 1 saturated heterocycles. The van der Waals surface area contributed by atoms with Crippen molar-refractivity contribution >= 4 is 12.4 Å². The summed E-state index contributed by atoms with van der Waals surface area (Å²) in [5, 5.41) is 25.5. The summed E-state index contributed by atoms with van der Waals surface area (Å²) in [5.74, 6) is 0.142. The molecule has 0 spiro atoms. The first-order chi connectivity index (χ1) is 12.3. The lowest BCUT2D eigenvalue weighted by atomic mass is 9.91. The molecule has 2 rings (SSSR count). The minimum absolute atomic E-state index is 0.0666. The third kappa shape index (κ3) is 6.23. The third-order valence-corrected chi connectivity index (χ3v) is 4.67. The van der Waals surface area contributed by atoms with Gasteiger partial charge in [-0.3, -0.25) is 9.59 Å². The fraction of sp³-hybridized carbons (Fsp3) is 0.647. The lowest BCUT2D eigenvalue weighted by Gasteiger charge is -2.33. The molecule has 1 aliphatic rings. The Labute approximate surface area is 151 Å². The van der Waals surface area contributed by atoms with Gasteiger partial charge in [0, 0.05) is 30.9 Å². The number of nitrogens with one attached hydrogen (secondary N) is 1. The predicted molar refractivity (Wildman–Crippen MR) is 93.7 cm³/mol. The van der Waals surface area contributed by atoms with Crippen LogP contribution in [0.1, 0.15) is 36.2 Å². The lowest BCUT2D eigenvalue weighted by molar-refractivity contribution is -0.133. The number of carboxylic acid groups (broad SMARTS) is 1. The van der Waals surface area contributed by atoms with E-state index in [4.69, 9.17) is 15.0 Å². The largest absolute Gasteiger partial charge is 0.483 e. The number of aromatic amines is 1. The summed E-state index contributed by atoms with van der Waals surface area (Å²) >= 11 is 0. The minimum atomic E-state index is -0.690. The second-order valence-electron chi connectivity index (χ2n) is 6.30. The first-order valence-electron chi connectivity index (χ1n) is 8.55. The van der Waals surface area contributed by atoms with Gasteiger partial charge in [-0.2, -0.15) is 4.98 Å². The molecule has 1 unspecified atom stereocenters. The fourth-order valence-electron chi connectivity index (χ4n) is 3.20. The van der Waals surface area contributed by atoms with Gasteiger partial charge in [0.25, 0.3) is 6.47 Å². The van der Waals surface area contributed by atoms with Crippen LogP contribution in [0.2, 0.25) is 0 Å². The zero-order valence-corrected chi connectivity index (χ0v) is 15.1. The van der Waals surface area contributed by atoms with Gasteiger partial charge in [-0.05, 0) is 44.6 Å². The summed E-state index contributed by atoms with van der Waals surface area (Å²) in [6.45, 7) is 4.35. The monoisotopic (exact) mass is 369 g/mol. The van der Waals surface area contributed by atoms with Crippen LogP contribution >= 0.6 is 0 Å². The lowest BCUT2D eigenvalue weighted by Crippen LogP contribution is -2.42. The van der Waals surface area contributed by atoms with E-state index >= 15 is 0 Å². The number of hydrogen-bond donors (Lipinski definition) is 4. The van der Waals surface area contributed by atoms with Crippen LogP contribution in [0.5, 0.6) is 0 Å². The number of aliphatic hydroxyl groups is 2. The maximum absolute atomic E-state index is 12.3. The first kappa shape index (κ1) is 21.8. The van der Waals surface area contributed by atoms with Crippen LogP contribution in [0, 0.1) is 19.8 Å². The summed E-state index contributed by atoms with van der Waals surface area (Å²) in [6.07, 6.45) is 1.67. The van der Waals surface area contributed by atoms with Crippen molar-refractivity contribution in [2.75, 3.05) is 19.7 Å². The number of likely N-dealkylation sites (tertiary alicyclic amines) is 1. The van der Waals surface area contributed by atoms with Crippen molar-refractivity contribution in [3.05, 3.63) is 27.4 Å². The molecule has 0 radical (unpaired) electrons. The van der Waals surface area contributed by atoms with Gasteiger partial charge < -0.3 is 25.2 Å². The Morgan fingerprint density at radius 3 is 2.46 bits per heavy atom. The maximum atomic E-state index is 12.3. The molecule has 1 aromatic heterocycles. The zero-order chi connectivity index (χ0) is 19.7. The smallest absolute Gasteiger partial charge is 0.345 e. The molecule has 0 aliphatic carbocycles. The highest BCUT2D eigenvalue weighted by molar-refractivity contribution is 5.76. The van der Waals surface area contributed by atoms with Crippen molar-refractivity contribution in [3.63, 3.8) is 0 Å². The van der Waals surface area contributed by atoms with Crippen molar-refractivity contribution in [3.8, 4) is 0 Å². The molecule has 1 amide bonds. The number of rotatable bonds is 5. The van der Waals surface area contributed by atoms with Gasteiger partial charge in [-0.25, -0.2) is 4.79 Å². The maximum Gasteiger partial charge on any atom is 0.345 e. The third-order valence-electron chi connectivity index (χ3n) is 4.67. The average molecular weight is 369 g/mol. The van der Waals surface area contributed by atoms with E-state index in [2.05, 4.69) is 9.97 Å². The molecule has 0 bridgehead atoms. The molecule has 4 N–H and O–H groups in total. The molecule has 1 atom stereocenters. The van der Waals surface area contributed by atoms with E-state index < -0.39 is 6.10 Å². The van der Waals surface area contributed by atoms with Crippen molar-refractivity contribution in [2.45, 2.75) is 45.6 Å². The normalized spacial score (nSPS) is 15.8. The number of H-pyrrole nitrogens is 1. The summed E-state index contributed by atoms with van der Waals surface area (Å²) in [4.78, 5) is 40.3. The van der Waals surface area contributed by atoms with E-state index in [0.29, 0.717) is 44.5 Å². The molecular weight excluding hydrogens is 342 g/mol. The number of aliphatic hydroxyl groups excluding tert-OH is 2. The molecule has 9 heteroatoms. The molecule has 26 heavy (non-hydrogen) atoms. The Morgan fingerprint density at radius 1 is 1.38 bits per heavy atom. The van der Waals surface area contributed by atoms with E-state index in [-0.39, 0.29) is 30.6 Å². The number of aromatic nitrogens is 2. The Kier molecular flexibility index (Phi) is 8.94. The van der Waals surface area contributed by atoms with Crippen molar-refractivity contribution in [1.29, 1.82) is 0 Å². The molecular formula is C17H27N3O6. The van der Waals surface area contributed by atoms with Gasteiger partial charge in [0.05, 0.1) is 12.7 Å². The van der Waals surface area contributed by atoms with Crippen molar-refractivity contribution in [1.82, 2.24) is 14.9 Å².